The van der Waals surface area contributed by atoms with Gasteiger partial charge in [0.1, 0.15) is 19.0 Å². The van der Waals surface area contributed by atoms with Crippen LogP contribution in [0.5, 0.6) is 5.75 Å². The third-order valence-electron chi connectivity index (χ3n) is 4.56. The van der Waals surface area contributed by atoms with E-state index in [0.29, 0.717) is 6.29 Å². The minimum Gasteiger partial charge on any atom is -0.595 e. The Balaban J connectivity index is 2.54. The molecule has 2 rings (SSSR count). The average Bonchev–Trinajstić information content (AvgIpc) is 2.75. The zero-order chi connectivity index (χ0) is 26.3. The predicted molar refractivity (Wildman–Crippen MR) is 110 cm³/mol. The fourth-order valence-corrected chi connectivity index (χ4v) is 3.30. The number of hydrogen-bond donors (Lipinski definition) is 2. The molecule has 1 aliphatic heterocycles. The molecule has 1 aliphatic rings. The molecule has 1 aromatic rings. The first-order valence-electron chi connectivity index (χ1n) is 10.2. The first kappa shape index (κ1) is 27.7. The van der Waals surface area contributed by atoms with Crippen molar-refractivity contribution in [3.63, 3.8) is 0 Å². The molecule has 14 nitrogen and oxygen atoms in total. The van der Waals surface area contributed by atoms with Crippen LogP contribution in [0.2, 0.25) is 0 Å². The topological polar surface area (TPSA) is 188 Å². The molecule has 35 heavy (non-hydrogen) atoms. The summed E-state index contributed by atoms with van der Waals surface area (Å²) in [6.45, 7) is 3.83. The van der Waals surface area contributed by atoms with Crippen LogP contribution in [0.3, 0.4) is 0 Å². The molecule has 1 aromatic carbocycles. The van der Waals surface area contributed by atoms with E-state index in [9.17, 15) is 34.4 Å². The summed E-state index contributed by atoms with van der Waals surface area (Å²) in [6, 6.07) is 3.51. The van der Waals surface area contributed by atoms with Crippen LogP contribution in [0, 0.1) is 5.21 Å². The molecule has 2 N–H and O–H groups in total. The molecule has 1 unspecified atom stereocenters. The maximum atomic E-state index is 11.8. The highest BCUT2D eigenvalue weighted by molar-refractivity contribution is 5.77. The molecule has 6 atom stereocenters. The van der Waals surface area contributed by atoms with Crippen molar-refractivity contribution < 1.29 is 62.8 Å². The Kier molecular flexibility index (Phi) is 9.65. The van der Waals surface area contributed by atoms with Crippen LogP contribution in [-0.2, 0) is 42.9 Å². The van der Waals surface area contributed by atoms with Gasteiger partial charge in [-0.05, 0) is 12.1 Å². The summed E-state index contributed by atoms with van der Waals surface area (Å²) in [4.78, 5) is 57.9. The number of ether oxygens (including phenoxy) is 6. The van der Waals surface area contributed by atoms with E-state index in [1.165, 1.54) is 12.1 Å². The summed E-state index contributed by atoms with van der Waals surface area (Å²) in [6.07, 6.45) is -6.87. The van der Waals surface area contributed by atoms with Crippen LogP contribution in [0.4, 0.5) is 5.69 Å². The van der Waals surface area contributed by atoms with Crippen LogP contribution in [0.15, 0.2) is 18.2 Å². The average molecular weight is 499 g/mol. The van der Waals surface area contributed by atoms with Gasteiger partial charge < -0.3 is 33.6 Å². The van der Waals surface area contributed by atoms with E-state index in [1.807, 2.05) is 0 Å². The lowest BCUT2D eigenvalue weighted by atomic mass is 9.98. The third kappa shape index (κ3) is 7.71. The number of nitrogens with one attached hydrogen (secondary N) is 1. The summed E-state index contributed by atoms with van der Waals surface area (Å²) >= 11 is 0. The van der Waals surface area contributed by atoms with E-state index in [2.05, 4.69) is 0 Å². The molecule has 192 valence electrons. The fourth-order valence-electron chi connectivity index (χ4n) is 3.30. The van der Waals surface area contributed by atoms with Gasteiger partial charge in [0.15, 0.2) is 18.0 Å². The molecule has 0 aromatic heterocycles. The number of hydrogen-bond acceptors (Lipinski definition) is 13. The van der Waals surface area contributed by atoms with Crippen molar-refractivity contribution in [2.75, 3.05) is 6.61 Å². The van der Waals surface area contributed by atoms with E-state index in [1.54, 1.807) is 0 Å². The van der Waals surface area contributed by atoms with Crippen molar-refractivity contribution in [2.24, 2.45) is 0 Å². The van der Waals surface area contributed by atoms with E-state index < -0.39 is 72.1 Å². The Labute approximate surface area is 199 Å². The minimum atomic E-state index is -1.62. The highest BCUT2D eigenvalue weighted by atomic mass is 16.8. The van der Waals surface area contributed by atoms with Crippen LogP contribution >= 0.6 is 0 Å². The molecule has 0 radical (unpaired) electrons. The molecule has 14 heteroatoms. The molecular formula is C21H25NO13. The Morgan fingerprint density at radius 1 is 0.971 bits per heavy atom. The summed E-state index contributed by atoms with van der Waals surface area (Å²) < 4.78 is 32.2. The second kappa shape index (κ2) is 12.2. The van der Waals surface area contributed by atoms with Gasteiger partial charge in [-0.1, -0.05) is 0 Å². The van der Waals surface area contributed by atoms with Crippen molar-refractivity contribution in [3.8, 4) is 5.75 Å². The minimum absolute atomic E-state index is 0.0521. The number of carbonyl (C=O) groups is 5. The number of rotatable bonds is 9. The summed E-state index contributed by atoms with van der Waals surface area (Å²) in [7, 11) is 0. The second-order valence-corrected chi connectivity index (χ2v) is 7.36. The van der Waals surface area contributed by atoms with Gasteiger partial charge in [0, 0.05) is 39.3 Å². The number of quaternary nitrogens is 1. The Bertz CT molecular complexity index is 963. The lowest BCUT2D eigenvalue weighted by Crippen LogP contribution is -2.99. The van der Waals surface area contributed by atoms with Crippen molar-refractivity contribution in [1.82, 2.24) is 0 Å². The summed E-state index contributed by atoms with van der Waals surface area (Å²) in [5, 5.41) is 19.8. The van der Waals surface area contributed by atoms with E-state index in [-0.39, 0.29) is 11.3 Å². The second-order valence-electron chi connectivity index (χ2n) is 7.36. The molecule has 0 saturated carbocycles. The molecule has 0 bridgehead atoms. The maximum absolute atomic E-state index is 11.8. The maximum Gasteiger partial charge on any atom is 0.303 e. The van der Waals surface area contributed by atoms with Crippen LogP contribution in [0.1, 0.15) is 38.1 Å². The van der Waals surface area contributed by atoms with Gasteiger partial charge in [-0.3, -0.25) is 24.0 Å². The Hall–Kier alpha value is -3.59. The monoisotopic (exact) mass is 499 g/mol. The third-order valence-corrected chi connectivity index (χ3v) is 4.56. The zero-order valence-electron chi connectivity index (χ0n) is 19.2. The first-order valence-corrected chi connectivity index (χ1v) is 10.2. The van der Waals surface area contributed by atoms with Gasteiger partial charge in [0.2, 0.25) is 18.1 Å². The van der Waals surface area contributed by atoms with Crippen molar-refractivity contribution in [2.45, 2.75) is 58.4 Å². The standard InChI is InChI=1S/C21H25NO13/c1-10(24)30-9-17-18(31-11(2)25)19(32-12(3)26)20(33-13(4)27)21(35-17)34-16-6-5-14(8-23)7-15(16)22(28)29/h5-8,17-22,28H,9H2,1-4H3/t17-,18+,19+,20-,21-/m1/s1. The molecule has 0 amide bonds. The first-order chi connectivity index (χ1) is 16.4. The molecule has 1 saturated heterocycles. The molecule has 0 spiro atoms. The SMILES string of the molecule is CC(=O)OC[C@H]1O[C@@H](Oc2ccc(C=O)cc2[NH+]([O-])O)[C@H](OC(C)=O)[C@@H](OC(C)=O)[C@H]1OC(C)=O. The van der Waals surface area contributed by atoms with Gasteiger partial charge in [0.25, 0.3) is 0 Å². The van der Waals surface area contributed by atoms with E-state index >= 15 is 0 Å². The summed E-state index contributed by atoms with van der Waals surface area (Å²) in [5.74, 6) is -3.46. The van der Waals surface area contributed by atoms with Crippen LogP contribution in [-0.4, -0.2) is 72.7 Å². The number of aldehydes is 1. The predicted octanol–water partition coefficient (Wildman–Crippen LogP) is -0.636. The highest BCUT2D eigenvalue weighted by Crippen LogP contribution is 2.32. The highest BCUT2D eigenvalue weighted by Gasteiger charge is 2.53. The van der Waals surface area contributed by atoms with Crippen LogP contribution < -0.4 is 9.96 Å². The fraction of sp³-hybridized carbons (Fsp3) is 0.476. The van der Waals surface area contributed by atoms with Gasteiger partial charge in [0.05, 0.1) is 0 Å². The van der Waals surface area contributed by atoms with Gasteiger partial charge in [-0.25, -0.2) is 5.21 Å². The smallest absolute Gasteiger partial charge is 0.303 e. The largest absolute Gasteiger partial charge is 0.595 e. The normalized spacial score (nSPS) is 24.5. The van der Waals surface area contributed by atoms with Crippen molar-refractivity contribution in [3.05, 3.63) is 29.0 Å². The molecule has 1 fully saturated rings. The lowest BCUT2D eigenvalue weighted by Gasteiger charge is -2.43. The van der Waals surface area contributed by atoms with Gasteiger partial charge >= 0.3 is 23.9 Å². The molecule has 0 aliphatic carbocycles. The number of esters is 4. The quantitative estimate of drug-likeness (QED) is 0.189. The van der Waals surface area contributed by atoms with E-state index in [0.717, 1.165) is 33.8 Å². The van der Waals surface area contributed by atoms with E-state index in [4.69, 9.17) is 28.4 Å². The lowest BCUT2D eigenvalue weighted by molar-refractivity contribution is -0.991. The number of benzene rings is 1. The molecular weight excluding hydrogens is 474 g/mol. The Morgan fingerprint density at radius 3 is 2.06 bits per heavy atom. The summed E-state index contributed by atoms with van der Waals surface area (Å²) in [5.41, 5.74) is -0.362. The van der Waals surface area contributed by atoms with Crippen molar-refractivity contribution >= 4 is 35.9 Å². The van der Waals surface area contributed by atoms with Crippen LogP contribution in [0.25, 0.3) is 0 Å². The number of carbonyl (C=O) groups excluding carboxylic acids is 5. The zero-order valence-corrected chi connectivity index (χ0v) is 19.2. The van der Waals surface area contributed by atoms with Crippen molar-refractivity contribution in [1.29, 1.82) is 0 Å². The van der Waals surface area contributed by atoms with Gasteiger partial charge in [-0.2, -0.15) is 5.23 Å². The Morgan fingerprint density at radius 2 is 1.54 bits per heavy atom. The molecule has 1 heterocycles. The van der Waals surface area contributed by atoms with Gasteiger partial charge in [-0.15, -0.1) is 0 Å².